The Bertz CT molecular complexity index is 166. The summed E-state index contributed by atoms with van der Waals surface area (Å²) in [5, 5.41) is 0. The minimum absolute atomic E-state index is 0.129. The molecule has 0 fully saturated rings. The lowest BCUT2D eigenvalue weighted by Gasteiger charge is -2.24. The lowest BCUT2D eigenvalue weighted by Crippen LogP contribution is -2.30. The van der Waals surface area contributed by atoms with Gasteiger partial charge in [-0.25, -0.2) is 0 Å². The molecule has 0 aliphatic heterocycles. The van der Waals surface area contributed by atoms with E-state index in [4.69, 9.17) is 10.5 Å². The van der Waals surface area contributed by atoms with Gasteiger partial charge in [0.1, 0.15) is 0 Å². The fourth-order valence-corrected chi connectivity index (χ4v) is 1.36. The van der Waals surface area contributed by atoms with Gasteiger partial charge < -0.3 is 10.5 Å². The lowest BCUT2D eigenvalue weighted by molar-refractivity contribution is -0.154. The molecule has 0 amide bonds. The van der Waals surface area contributed by atoms with Gasteiger partial charge in [-0.05, 0) is 39.7 Å². The SMILES string of the molecule is CCOC(=O)C(C)(C)CC(C)CN. The fourth-order valence-electron chi connectivity index (χ4n) is 1.36. The van der Waals surface area contributed by atoms with Crippen LogP contribution < -0.4 is 5.73 Å². The van der Waals surface area contributed by atoms with Gasteiger partial charge >= 0.3 is 5.97 Å². The first-order chi connectivity index (χ1) is 5.94. The third-order valence-electron chi connectivity index (χ3n) is 2.09. The zero-order chi connectivity index (χ0) is 10.5. The van der Waals surface area contributed by atoms with Crippen LogP contribution in [0.25, 0.3) is 0 Å². The van der Waals surface area contributed by atoms with Crippen LogP contribution in [0.3, 0.4) is 0 Å². The molecule has 0 spiro atoms. The maximum absolute atomic E-state index is 11.5. The molecule has 2 N–H and O–H groups in total. The number of hydrogen-bond donors (Lipinski definition) is 1. The third-order valence-corrected chi connectivity index (χ3v) is 2.09. The number of ether oxygens (including phenoxy) is 1. The predicted molar refractivity (Wildman–Crippen MR) is 53.2 cm³/mol. The zero-order valence-electron chi connectivity index (χ0n) is 9.09. The molecule has 0 aromatic carbocycles. The molecule has 13 heavy (non-hydrogen) atoms. The number of carbonyl (C=O) groups is 1. The van der Waals surface area contributed by atoms with Crippen LogP contribution in [0.2, 0.25) is 0 Å². The molecule has 1 unspecified atom stereocenters. The van der Waals surface area contributed by atoms with Gasteiger partial charge in [0.2, 0.25) is 0 Å². The molecular formula is C10H21NO2. The predicted octanol–water partition coefficient (Wildman–Crippen LogP) is 1.56. The molecule has 0 aliphatic rings. The monoisotopic (exact) mass is 187 g/mol. The molecule has 1 atom stereocenters. The molecule has 0 rings (SSSR count). The van der Waals surface area contributed by atoms with Crippen molar-refractivity contribution in [3.63, 3.8) is 0 Å². The van der Waals surface area contributed by atoms with Gasteiger partial charge in [-0.3, -0.25) is 4.79 Å². The maximum Gasteiger partial charge on any atom is 0.311 e. The summed E-state index contributed by atoms with van der Waals surface area (Å²) in [4.78, 5) is 11.5. The fraction of sp³-hybridized carbons (Fsp3) is 0.900. The second-order valence-electron chi connectivity index (χ2n) is 4.15. The first-order valence-corrected chi connectivity index (χ1v) is 4.81. The highest BCUT2D eigenvalue weighted by Crippen LogP contribution is 2.26. The Kier molecular flexibility index (Phi) is 4.99. The van der Waals surface area contributed by atoms with Crippen molar-refractivity contribution >= 4 is 5.97 Å². The molecule has 0 aromatic rings. The van der Waals surface area contributed by atoms with E-state index in [-0.39, 0.29) is 5.97 Å². The summed E-state index contributed by atoms with van der Waals surface area (Å²) in [6.45, 7) is 8.72. The smallest absolute Gasteiger partial charge is 0.311 e. The van der Waals surface area contributed by atoms with Crippen LogP contribution in [0.4, 0.5) is 0 Å². The maximum atomic E-state index is 11.5. The van der Waals surface area contributed by atoms with E-state index in [2.05, 4.69) is 0 Å². The lowest BCUT2D eigenvalue weighted by atomic mass is 9.83. The summed E-state index contributed by atoms with van der Waals surface area (Å²) in [6.07, 6.45) is 0.780. The Morgan fingerprint density at radius 1 is 1.54 bits per heavy atom. The van der Waals surface area contributed by atoms with E-state index < -0.39 is 5.41 Å². The third kappa shape index (κ3) is 4.27. The van der Waals surface area contributed by atoms with Crippen molar-refractivity contribution in [2.45, 2.75) is 34.1 Å². The molecule has 0 saturated carbocycles. The van der Waals surface area contributed by atoms with E-state index in [1.807, 2.05) is 27.7 Å². The summed E-state index contributed by atoms with van der Waals surface area (Å²) in [7, 11) is 0. The van der Waals surface area contributed by atoms with Crippen LogP contribution in [0, 0.1) is 11.3 Å². The summed E-state index contributed by atoms with van der Waals surface area (Å²) < 4.78 is 4.97. The highest BCUT2D eigenvalue weighted by atomic mass is 16.5. The minimum Gasteiger partial charge on any atom is -0.466 e. The zero-order valence-corrected chi connectivity index (χ0v) is 9.09. The Labute approximate surface area is 80.6 Å². The molecule has 3 nitrogen and oxygen atoms in total. The standard InChI is InChI=1S/C10H21NO2/c1-5-13-9(12)10(3,4)6-8(2)7-11/h8H,5-7,11H2,1-4H3. The van der Waals surface area contributed by atoms with Gasteiger partial charge in [-0.1, -0.05) is 6.92 Å². The van der Waals surface area contributed by atoms with Gasteiger partial charge in [0.25, 0.3) is 0 Å². The number of rotatable bonds is 5. The Balaban J connectivity index is 4.13. The molecule has 0 heterocycles. The molecule has 3 heteroatoms. The van der Waals surface area contributed by atoms with Gasteiger partial charge in [-0.2, -0.15) is 0 Å². The molecule has 0 saturated heterocycles. The van der Waals surface area contributed by atoms with Crippen molar-refractivity contribution in [1.82, 2.24) is 0 Å². The molecule has 78 valence electrons. The largest absolute Gasteiger partial charge is 0.466 e. The van der Waals surface area contributed by atoms with Crippen LogP contribution in [0.1, 0.15) is 34.1 Å². The molecule has 0 bridgehead atoms. The van der Waals surface area contributed by atoms with Crippen LogP contribution in [0.5, 0.6) is 0 Å². The number of esters is 1. The minimum atomic E-state index is -0.408. The van der Waals surface area contributed by atoms with E-state index in [0.717, 1.165) is 6.42 Å². The Morgan fingerprint density at radius 2 is 2.08 bits per heavy atom. The normalized spacial score (nSPS) is 13.9. The Morgan fingerprint density at radius 3 is 2.46 bits per heavy atom. The number of carbonyl (C=O) groups excluding carboxylic acids is 1. The van der Waals surface area contributed by atoms with Gasteiger partial charge in [0.15, 0.2) is 0 Å². The quantitative estimate of drug-likeness (QED) is 0.664. The summed E-state index contributed by atoms with van der Waals surface area (Å²) in [5.41, 5.74) is 5.09. The summed E-state index contributed by atoms with van der Waals surface area (Å²) in [6, 6.07) is 0. The average Bonchev–Trinajstić information content (AvgIpc) is 2.04. The molecule has 0 radical (unpaired) electrons. The van der Waals surface area contributed by atoms with Crippen LogP contribution in [0.15, 0.2) is 0 Å². The van der Waals surface area contributed by atoms with E-state index in [9.17, 15) is 4.79 Å². The van der Waals surface area contributed by atoms with Gasteiger partial charge in [0, 0.05) is 0 Å². The highest BCUT2D eigenvalue weighted by Gasteiger charge is 2.30. The second-order valence-corrected chi connectivity index (χ2v) is 4.15. The van der Waals surface area contributed by atoms with E-state index in [1.54, 1.807) is 0 Å². The van der Waals surface area contributed by atoms with Crippen molar-refractivity contribution in [2.75, 3.05) is 13.2 Å². The number of hydrogen-bond acceptors (Lipinski definition) is 3. The first kappa shape index (κ1) is 12.4. The van der Waals surface area contributed by atoms with Crippen molar-refractivity contribution in [3.8, 4) is 0 Å². The summed E-state index contributed by atoms with van der Waals surface area (Å²) in [5.74, 6) is 0.231. The molecule has 0 aliphatic carbocycles. The van der Waals surface area contributed by atoms with Crippen molar-refractivity contribution in [2.24, 2.45) is 17.1 Å². The van der Waals surface area contributed by atoms with Crippen LogP contribution >= 0.6 is 0 Å². The number of nitrogens with two attached hydrogens (primary N) is 1. The summed E-state index contributed by atoms with van der Waals surface area (Å²) >= 11 is 0. The van der Waals surface area contributed by atoms with E-state index in [0.29, 0.717) is 19.1 Å². The van der Waals surface area contributed by atoms with Crippen molar-refractivity contribution in [1.29, 1.82) is 0 Å². The first-order valence-electron chi connectivity index (χ1n) is 4.81. The second kappa shape index (κ2) is 5.22. The van der Waals surface area contributed by atoms with Gasteiger partial charge in [0.05, 0.1) is 12.0 Å². The molecule has 0 aromatic heterocycles. The average molecular weight is 187 g/mol. The van der Waals surface area contributed by atoms with Crippen molar-refractivity contribution < 1.29 is 9.53 Å². The molecular weight excluding hydrogens is 166 g/mol. The van der Waals surface area contributed by atoms with Gasteiger partial charge in [-0.15, -0.1) is 0 Å². The van der Waals surface area contributed by atoms with E-state index >= 15 is 0 Å². The van der Waals surface area contributed by atoms with Crippen LogP contribution in [-0.2, 0) is 9.53 Å². The topological polar surface area (TPSA) is 52.3 Å². The highest BCUT2D eigenvalue weighted by molar-refractivity contribution is 5.75. The van der Waals surface area contributed by atoms with E-state index in [1.165, 1.54) is 0 Å². The van der Waals surface area contributed by atoms with Crippen molar-refractivity contribution in [3.05, 3.63) is 0 Å². The Hall–Kier alpha value is -0.570. The van der Waals surface area contributed by atoms with Crippen LogP contribution in [-0.4, -0.2) is 19.1 Å².